The van der Waals surface area contributed by atoms with Crippen molar-refractivity contribution in [3.8, 4) is 0 Å². The van der Waals surface area contributed by atoms with E-state index in [4.69, 9.17) is 11.1 Å². The van der Waals surface area contributed by atoms with Gasteiger partial charge in [0.1, 0.15) is 0 Å². The topological polar surface area (TPSA) is 20.3 Å². The molecule has 102 valence electrons. The molecule has 0 saturated carbocycles. The average Bonchev–Trinajstić information content (AvgIpc) is 2.12. The lowest BCUT2D eigenvalue weighted by Gasteiger charge is -2.46. The molecule has 0 aromatic rings. The quantitative estimate of drug-likeness (QED) is 0.563. The Morgan fingerprint density at radius 3 is 1.65 bits per heavy atom. The third-order valence-electron chi connectivity index (χ3n) is 3.56. The minimum Gasteiger partial charge on any atom is -0.348 e. The molecule has 0 bridgehead atoms. The van der Waals surface area contributed by atoms with Gasteiger partial charge in [0.25, 0.3) is 0 Å². The maximum atomic E-state index is 11.8. The highest BCUT2D eigenvalue weighted by molar-refractivity contribution is 7.82. The molecule has 0 aliphatic heterocycles. The molecule has 1 amide bonds. The molecule has 2 nitrogen and oxygen atoms in total. The molecule has 0 unspecified atom stereocenters. The van der Waals surface area contributed by atoms with Gasteiger partial charge in [-0.3, -0.25) is 4.79 Å². The van der Waals surface area contributed by atoms with Crippen molar-refractivity contribution in [2.75, 3.05) is 13.2 Å². The number of carbonyl (C=O) groups is 1. The van der Waals surface area contributed by atoms with Crippen LogP contribution in [0, 0.1) is 0 Å². The molecule has 0 fully saturated rings. The Morgan fingerprint density at radius 1 is 1.06 bits per heavy atom. The highest BCUT2D eigenvalue weighted by Gasteiger charge is 2.54. The highest BCUT2D eigenvalue weighted by Crippen LogP contribution is 2.33. The number of carbonyl (C=O) groups excluding carboxylic acids is 1. The molecule has 0 N–H and O–H groups in total. The molecule has 0 aromatic carbocycles. The van der Waals surface area contributed by atoms with Crippen molar-refractivity contribution in [3.63, 3.8) is 0 Å². The summed E-state index contributed by atoms with van der Waals surface area (Å²) >= 11 is 7.16. The lowest BCUT2D eigenvalue weighted by Crippen LogP contribution is -2.72. The van der Waals surface area contributed by atoms with Gasteiger partial charge in [-0.25, -0.2) is 0 Å². The van der Waals surface area contributed by atoms with Crippen LogP contribution in [0.3, 0.4) is 0 Å². The van der Waals surface area contributed by atoms with Gasteiger partial charge >= 0.3 is 0 Å². The van der Waals surface area contributed by atoms with Crippen molar-refractivity contribution >= 4 is 38.6 Å². The van der Waals surface area contributed by atoms with Crippen LogP contribution in [0.4, 0.5) is 0 Å². The van der Waals surface area contributed by atoms with E-state index in [-0.39, 0.29) is 5.91 Å². The SMILES string of the molecule is CCC(=O)N(C)C[Si](Cl)([Si](C)(C)C)[Si](C)(C)C. The summed E-state index contributed by atoms with van der Waals surface area (Å²) in [6.45, 7) is 16.1. The van der Waals surface area contributed by atoms with Crippen LogP contribution in [0.1, 0.15) is 13.3 Å². The summed E-state index contributed by atoms with van der Waals surface area (Å²) in [5.41, 5.74) is 0. The maximum absolute atomic E-state index is 11.8. The lowest BCUT2D eigenvalue weighted by molar-refractivity contribution is -0.128. The van der Waals surface area contributed by atoms with Gasteiger partial charge in [-0.2, -0.15) is 11.1 Å². The standard InChI is InChI=1S/C11H28ClNOSi3/c1-9-11(14)13(2)10-17(12,15(3,4)5)16(6,7)8/h9-10H2,1-8H3. The number of nitrogens with zero attached hydrogens (tertiary/aromatic N) is 1. The largest absolute Gasteiger partial charge is 0.348 e. The Bertz CT molecular complexity index is 269. The van der Waals surface area contributed by atoms with Gasteiger partial charge in [-0.05, 0) is 0 Å². The molecule has 0 saturated heterocycles. The fourth-order valence-electron chi connectivity index (χ4n) is 2.28. The molecule has 6 heteroatoms. The lowest BCUT2D eigenvalue weighted by atomic mass is 10.4. The van der Waals surface area contributed by atoms with Crippen molar-refractivity contribution in [1.82, 2.24) is 4.90 Å². The number of halogens is 1. The Balaban J connectivity index is 5.19. The Morgan fingerprint density at radius 2 is 1.41 bits per heavy atom. The first-order chi connectivity index (χ1) is 7.37. The minimum absolute atomic E-state index is 0.221. The monoisotopic (exact) mass is 309 g/mol. The predicted molar refractivity (Wildman–Crippen MR) is 86.2 cm³/mol. The molecular weight excluding hydrogens is 282 g/mol. The van der Waals surface area contributed by atoms with Crippen LogP contribution >= 0.6 is 11.1 Å². The molecule has 17 heavy (non-hydrogen) atoms. The van der Waals surface area contributed by atoms with E-state index < -0.39 is 21.6 Å². The van der Waals surface area contributed by atoms with Crippen LogP contribution in [-0.4, -0.2) is 45.6 Å². The molecular formula is C11H28ClNOSi3. The van der Waals surface area contributed by atoms with E-state index in [0.717, 1.165) is 6.17 Å². The molecule has 0 aromatic heterocycles. The van der Waals surface area contributed by atoms with E-state index in [1.54, 1.807) is 0 Å². The Hall–Kier alpha value is 0.411. The zero-order valence-electron chi connectivity index (χ0n) is 12.6. The van der Waals surface area contributed by atoms with E-state index >= 15 is 0 Å². The van der Waals surface area contributed by atoms with Gasteiger partial charge in [0.2, 0.25) is 5.91 Å². The summed E-state index contributed by atoms with van der Waals surface area (Å²) < 4.78 is 0. The maximum Gasteiger partial charge on any atom is 0.221 e. The van der Waals surface area contributed by atoms with Gasteiger partial charge < -0.3 is 4.90 Å². The molecule has 0 heterocycles. The second-order valence-corrected chi connectivity index (χ2v) is 37.3. The molecule has 0 aliphatic rings. The van der Waals surface area contributed by atoms with Crippen LogP contribution in [0.25, 0.3) is 0 Å². The van der Waals surface area contributed by atoms with Crippen LogP contribution in [0.2, 0.25) is 39.3 Å². The first kappa shape index (κ1) is 17.4. The van der Waals surface area contributed by atoms with E-state index in [1.165, 1.54) is 0 Å². The Labute approximate surface area is 114 Å². The summed E-state index contributed by atoms with van der Waals surface area (Å²) in [5, 5.41) is 0. The van der Waals surface area contributed by atoms with E-state index in [1.807, 2.05) is 18.9 Å². The third-order valence-corrected chi connectivity index (χ3v) is 48.5. The van der Waals surface area contributed by atoms with Gasteiger partial charge in [0.15, 0.2) is 6.42 Å². The van der Waals surface area contributed by atoms with Crippen molar-refractivity contribution in [1.29, 1.82) is 0 Å². The Kier molecular flexibility index (Phi) is 5.72. The summed E-state index contributed by atoms with van der Waals surface area (Å²) in [5.74, 6) is 0.221. The predicted octanol–water partition coefficient (Wildman–Crippen LogP) is 3.41. The van der Waals surface area contributed by atoms with Crippen LogP contribution in [0.15, 0.2) is 0 Å². The number of rotatable bonds is 5. The second kappa shape index (κ2) is 5.59. The molecule has 0 radical (unpaired) electrons. The smallest absolute Gasteiger partial charge is 0.221 e. The number of amides is 1. The van der Waals surface area contributed by atoms with Crippen molar-refractivity contribution in [2.24, 2.45) is 0 Å². The van der Waals surface area contributed by atoms with Gasteiger partial charge in [-0.15, -0.1) is 0 Å². The average molecular weight is 310 g/mol. The highest BCUT2D eigenvalue weighted by atomic mass is 35.6. The van der Waals surface area contributed by atoms with Gasteiger partial charge in [0, 0.05) is 19.6 Å². The first-order valence-electron chi connectivity index (χ1n) is 6.29. The minimum atomic E-state index is -1.84. The van der Waals surface area contributed by atoms with Crippen molar-refractivity contribution in [3.05, 3.63) is 0 Å². The third kappa shape index (κ3) is 3.94. The van der Waals surface area contributed by atoms with Crippen LogP contribution in [0.5, 0.6) is 0 Å². The van der Waals surface area contributed by atoms with E-state index in [2.05, 4.69) is 39.3 Å². The first-order valence-corrected chi connectivity index (χ1v) is 18.5. The molecule has 0 atom stereocenters. The normalized spacial score (nSPS) is 13.7. The van der Waals surface area contributed by atoms with Crippen molar-refractivity contribution < 1.29 is 4.79 Å². The molecule has 0 rings (SSSR count). The summed E-state index contributed by atoms with van der Waals surface area (Å²) in [6, 6.07) is 0. The van der Waals surface area contributed by atoms with Gasteiger partial charge in [0.05, 0.1) is 15.2 Å². The van der Waals surface area contributed by atoms with E-state index in [9.17, 15) is 4.79 Å². The number of hydrogen-bond donors (Lipinski definition) is 0. The second-order valence-electron chi connectivity index (χ2n) is 6.90. The summed E-state index contributed by atoms with van der Waals surface area (Å²) in [4.78, 5) is 13.6. The summed E-state index contributed by atoms with van der Waals surface area (Å²) in [7, 11) is -0.878. The van der Waals surface area contributed by atoms with Crippen molar-refractivity contribution in [2.45, 2.75) is 52.6 Å². The van der Waals surface area contributed by atoms with Crippen LogP contribution in [-0.2, 0) is 4.79 Å². The molecule has 0 aliphatic carbocycles. The zero-order valence-corrected chi connectivity index (χ0v) is 16.4. The zero-order chi connectivity index (χ0) is 14.1. The number of hydrogen-bond acceptors (Lipinski definition) is 1. The van der Waals surface area contributed by atoms with Gasteiger partial charge in [-0.1, -0.05) is 46.2 Å². The van der Waals surface area contributed by atoms with Crippen LogP contribution < -0.4 is 0 Å². The molecule has 0 spiro atoms. The van der Waals surface area contributed by atoms with E-state index in [0.29, 0.717) is 6.42 Å². The fourth-order valence-corrected chi connectivity index (χ4v) is 38.1. The summed E-state index contributed by atoms with van der Waals surface area (Å²) in [6.07, 6.45) is -0.421. The fraction of sp³-hybridized carbons (Fsp3) is 0.909.